The molecule has 0 spiro atoms. The predicted molar refractivity (Wildman–Crippen MR) is 52.9 cm³/mol. The number of phenols is 1. The summed E-state index contributed by atoms with van der Waals surface area (Å²) in [5, 5.41) is 10.5. The van der Waals surface area contributed by atoms with E-state index in [0.29, 0.717) is 18.9 Å². The minimum Gasteiger partial charge on any atom is -0.506 e. The Morgan fingerprint density at radius 3 is 3.07 bits per heavy atom. The number of fused-ring (bicyclic) bond motifs is 3. The number of hydrogen-bond donors (Lipinski definition) is 3. The summed E-state index contributed by atoms with van der Waals surface area (Å²) in [5.74, 6) is 0.239. The van der Waals surface area contributed by atoms with E-state index in [2.05, 4.69) is 4.98 Å². The third kappa shape index (κ3) is 0.807. The van der Waals surface area contributed by atoms with E-state index in [4.69, 9.17) is 10.5 Å². The zero-order valence-electron chi connectivity index (χ0n) is 7.50. The van der Waals surface area contributed by atoms with Gasteiger partial charge in [0.25, 0.3) is 0 Å². The van der Waals surface area contributed by atoms with Gasteiger partial charge in [-0.05, 0) is 12.1 Å². The Labute approximate surface area is 80.3 Å². The monoisotopic (exact) mass is 190 g/mol. The molecule has 1 aromatic heterocycles. The topological polar surface area (TPSA) is 71.3 Å². The van der Waals surface area contributed by atoms with Crippen molar-refractivity contribution in [3.05, 3.63) is 23.4 Å². The SMILES string of the molecule is Nc1ccc(O)c2[nH]c3c(c12)COC3. The molecule has 0 atom stereocenters. The number of aromatic nitrogens is 1. The van der Waals surface area contributed by atoms with Crippen LogP contribution in [-0.4, -0.2) is 10.1 Å². The van der Waals surface area contributed by atoms with Crippen molar-refractivity contribution in [3.63, 3.8) is 0 Å². The highest BCUT2D eigenvalue weighted by molar-refractivity contribution is 5.98. The summed E-state index contributed by atoms with van der Waals surface area (Å²) in [6.07, 6.45) is 0. The summed E-state index contributed by atoms with van der Waals surface area (Å²) < 4.78 is 5.29. The maximum absolute atomic E-state index is 9.63. The molecule has 4 N–H and O–H groups in total. The average Bonchev–Trinajstić information content (AvgIpc) is 2.70. The van der Waals surface area contributed by atoms with Crippen molar-refractivity contribution in [2.45, 2.75) is 13.2 Å². The number of anilines is 1. The van der Waals surface area contributed by atoms with E-state index in [1.165, 1.54) is 0 Å². The van der Waals surface area contributed by atoms with Crippen LogP contribution in [0.2, 0.25) is 0 Å². The van der Waals surface area contributed by atoms with Gasteiger partial charge in [0.1, 0.15) is 5.75 Å². The van der Waals surface area contributed by atoms with E-state index < -0.39 is 0 Å². The number of aromatic hydroxyl groups is 1. The van der Waals surface area contributed by atoms with Gasteiger partial charge in [0.15, 0.2) is 0 Å². The van der Waals surface area contributed by atoms with Crippen LogP contribution in [0.3, 0.4) is 0 Å². The number of nitrogens with one attached hydrogen (secondary N) is 1. The smallest absolute Gasteiger partial charge is 0.139 e. The van der Waals surface area contributed by atoms with Crippen molar-refractivity contribution in [1.82, 2.24) is 4.98 Å². The molecule has 1 aliphatic heterocycles. The lowest BCUT2D eigenvalue weighted by atomic mass is 10.1. The first-order valence-corrected chi connectivity index (χ1v) is 4.46. The Morgan fingerprint density at radius 2 is 2.21 bits per heavy atom. The van der Waals surface area contributed by atoms with Crippen LogP contribution in [0.25, 0.3) is 10.9 Å². The zero-order chi connectivity index (χ0) is 9.71. The van der Waals surface area contributed by atoms with Crippen molar-refractivity contribution in [1.29, 1.82) is 0 Å². The maximum Gasteiger partial charge on any atom is 0.139 e. The Balaban J connectivity index is 2.48. The summed E-state index contributed by atoms with van der Waals surface area (Å²) in [7, 11) is 0. The molecule has 0 unspecified atom stereocenters. The normalized spacial score (nSPS) is 14.9. The minimum atomic E-state index is 0.239. The number of benzene rings is 1. The second-order valence-electron chi connectivity index (χ2n) is 3.50. The molecule has 3 rings (SSSR count). The fourth-order valence-electron chi connectivity index (χ4n) is 1.97. The third-order valence-corrected chi connectivity index (χ3v) is 2.65. The van der Waals surface area contributed by atoms with Gasteiger partial charge in [0.2, 0.25) is 0 Å². The van der Waals surface area contributed by atoms with Gasteiger partial charge in [0, 0.05) is 22.3 Å². The molecular formula is C10H10N2O2. The number of aromatic amines is 1. The molecule has 0 radical (unpaired) electrons. The van der Waals surface area contributed by atoms with E-state index in [0.717, 1.165) is 22.2 Å². The first-order valence-electron chi connectivity index (χ1n) is 4.46. The van der Waals surface area contributed by atoms with Gasteiger partial charge in [0.05, 0.1) is 18.7 Å². The van der Waals surface area contributed by atoms with Crippen molar-refractivity contribution < 1.29 is 9.84 Å². The standard InChI is InChI=1S/C10H10N2O2/c11-6-1-2-8(13)10-9(6)5-3-14-4-7(5)12-10/h1-2,12-13H,3-4,11H2. The molecule has 4 nitrogen and oxygen atoms in total. The van der Waals surface area contributed by atoms with E-state index in [1.54, 1.807) is 12.1 Å². The summed E-state index contributed by atoms with van der Waals surface area (Å²) in [5.41, 5.74) is 9.36. The summed E-state index contributed by atoms with van der Waals surface area (Å²) in [4.78, 5) is 3.13. The number of hydrogen-bond acceptors (Lipinski definition) is 3. The average molecular weight is 190 g/mol. The number of nitrogen functional groups attached to an aromatic ring is 1. The molecule has 2 heterocycles. The molecule has 0 saturated carbocycles. The van der Waals surface area contributed by atoms with Gasteiger partial charge < -0.3 is 20.6 Å². The van der Waals surface area contributed by atoms with E-state index in [-0.39, 0.29) is 5.75 Å². The second kappa shape index (κ2) is 2.42. The molecule has 4 heteroatoms. The second-order valence-corrected chi connectivity index (χ2v) is 3.50. The number of nitrogens with two attached hydrogens (primary N) is 1. The van der Waals surface area contributed by atoms with Crippen molar-refractivity contribution >= 4 is 16.6 Å². The molecule has 1 aliphatic rings. The Hall–Kier alpha value is -1.68. The van der Waals surface area contributed by atoms with Crippen LogP contribution in [0.5, 0.6) is 5.75 Å². The van der Waals surface area contributed by atoms with Gasteiger partial charge >= 0.3 is 0 Å². The van der Waals surface area contributed by atoms with Crippen LogP contribution in [-0.2, 0) is 18.0 Å². The zero-order valence-corrected chi connectivity index (χ0v) is 7.50. The van der Waals surface area contributed by atoms with Crippen molar-refractivity contribution in [3.8, 4) is 5.75 Å². The highest BCUT2D eigenvalue weighted by atomic mass is 16.5. The lowest BCUT2D eigenvalue weighted by molar-refractivity contribution is 0.133. The Bertz CT molecular complexity index is 516. The number of H-pyrrole nitrogens is 1. The van der Waals surface area contributed by atoms with Crippen LogP contribution in [0.4, 0.5) is 5.69 Å². The number of ether oxygens (including phenoxy) is 1. The molecule has 72 valence electrons. The fraction of sp³-hybridized carbons (Fsp3) is 0.200. The molecule has 0 saturated heterocycles. The lowest BCUT2D eigenvalue weighted by Gasteiger charge is -2.00. The molecule has 0 bridgehead atoms. The van der Waals surface area contributed by atoms with Gasteiger partial charge in [-0.1, -0.05) is 0 Å². The molecule has 1 aromatic carbocycles. The van der Waals surface area contributed by atoms with E-state index >= 15 is 0 Å². The molecule has 0 fully saturated rings. The number of phenolic OH excluding ortho intramolecular Hbond substituents is 1. The van der Waals surface area contributed by atoms with Crippen LogP contribution in [0, 0.1) is 0 Å². The fourth-order valence-corrected chi connectivity index (χ4v) is 1.97. The van der Waals surface area contributed by atoms with Crippen LogP contribution in [0.1, 0.15) is 11.3 Å². The van der Waals surface area contributed by atoms with Gasteiger partial charge in [-0.15, -0.1) is 0 Å². The number of rotatable bonds is 0. The maximum atomic E-state index is 9.63. The lowest BCUT2D eigenvalue weighted by Crippen LogP contribution is -1.88. The van der Waals surface area contributed by atoms with Crippen molar-refractivity contribution in [2.75, 3.05) is 5.73 Å². The van der Waals surface area contributed by atoms with Crippen LogP contribution < -0.4 is 5.73 Å². The molecule has 0 aliphatic carbocycles. The largest absolute Gasteiger partial charge is 0.506 e. The summed E-state index contributed by atoms with van der Waals surface area (Å²) >= 11 is 0. The first kappa shape index (κ1) is 7.70. The predicted octanol–water partition coefficient (Wildman–Crippen LogP) is 1.49. The highest BCUT2D eigenvalue weighted by Gasteiger charge is 2.20. The van der Waals surface area contributed by atoms with Crippen molar-refractivity contribution in [2.24, 2.45) is 0 Å². The molecule has 14 heavy (non-hydrogen) atoms. The summed E-state index contributed by atoms with van der Waals surface area (Å²) in [6.45, 7) is 1.14. The van der Waals surface area contributed by atoms with Gasteiger partial charge in [-0.25, -0.2) is 0 Å². The molecule has 0 amide bonds. The Kier molecular flexibility index (Phi) is 1.33. The quantitative estimate of drug-likeness (QED) is 0.435. The summed E-state index contributed by atoms with van der Waals surface area (Å²) in [6, 6.07) is 3.31. The third-order valence-electron chi connectivity index (χ3n) is 2.65. The highest BCUT2D eigenvalue weighted by Crippen LogP contribution is 2.36. The molecule has 2 aromatic rings. The van der Waals surface area contributed by atoms with Gasteiger partial charge in [-0.3, -0.25) is 0 Å². The van der Waals surface area contributed by atoms with Gasteiger partial charge in [-0.2, -0.15) is 0 Å². The van der Waals surface area contributed by atoms with E-state index in [9.17, 15) is 5.11 Å². The minimum absolute atomic E-state index is 0.239. The molecular weight excluding hydrogens is 180 g/mol. The van der Waals surface area contributed by atoms with E-state index in [1.807, 2.05) is 0 Å². The van der Waals surface area contributed by atoms with Crippen LogP contribution >= 0.6 is 0 Å². The first-order chi connectivity index (χ1) is 6.77. The Morgan fingerprint density at radius 1 is 1.36 bits per heavy atom. The van der Waals surface area contributed by atoms with Crippen LogP contribution in [0.15, 0.2) is 12.1 Å².